The van der Waals surface area contributed by atoms with Crippen molar-refractivity contribution < 1.29 is 9.80 Å². The number of hydrogen-bond acceptors (Lipinski definition) is 3. The molecule has 3 rings (SSSR count). The van der Waals surface area contributed by atoms with Crippen LogP contribution in [-0.2, 0) is 5.54 Å². The van der Waals surface area contributed by atoms with Crippen LogP contribution in [0.25, 0.3) is 0 Å². The van der Waals surface area contributed by atoms with E-state index in [1.807, 2.05) is 22.9 Å². The van der Waals surface area contributed by atoms with Crippen molar-refractivity contribution in [3.63, 3.8) is 0 Å². The van der Waals surface area contributed by atoms with Gasteiger partial charge in [0.05, 0.1) is 17.6 Å². The number of rotatable bonds is 5. The molecule has 136 valence electrons. The van der Waals surface area contributed by atoms with Gasteiger partial charge in [0, 0.05) is 5.56 Å². The molecule has 1 atom stereocenters. The molecule has 1 aliphatic rings. The van der Waals surface area contributed by atoms with Crippen molar-refractivity contribution in [3.05, 3.63) is 40.7 Å². The Balaban J connectivity index is 2.07. The first-order valence-corrected chi connectivity index (χ1v) is 9.51. The molecule has 0 unspecified atom stereocenters. The normalized spacial score (nSPS) is 22.8. The molecule has 0 aliphatic carbocycles. The average molecular weight is 365 g/mol. The highest BCUT2D eigenvalue weighted by Gasteiger charge is 2.38. The molecule has 0 saturated carbocycles. The zero-order valence-corrected chi connectivity index (χ0v) is 16.3. The van der Waals surface area contributed by atoms with Gasteiger partial charge < -0.3 is 9.80 Å². The van der Waals surface area contributed by atoms with E-state index in [-0.39, 0.29) is 11.6 Å². The first-order valence-electron chi connectivity index (χ1n) is 9.13. The van der Waals surface area contributed by atoms with Gasteiger partial charge in [0.1, 0.15) is 26.2 Å². The van der Waals surface area contributed by atoms with Crippen molar-refractivity contribution in [3.8, 4) is 0 Å². The van der Waals surface area contributed by atoms with E-state index in [0.717, 1.165) is 49.0 Å². The summed E-state index contributed by atoms with van der Waals surface area (Å²) < 4.78 is 2.00. The monoisotopic (exact) mass is 364 g/mol. The van der Waals surface area contributed by atoms with Crippen LogP contribution < -0.4 is 9.80 Å². The average Bonchev–Trinajstić information content (AvgIpc) is 3.09. The minimum absolute atomic E-state index is 0.0580. The van der Waals surface area contributed by atoms with E-state index in [1.165, 1.54) is 4.90 Å². The van der Waals surface area contributed by atoms with E-state index in [9.17, 15) is 0 Å². The number of nitrogens with zero attached hydrogens (tertiary/aromatic N) is 4. The molecule has 2 heterocycles. The molecule has 1 saturated heterocycles. The number of quaternary nitrogens is 2. The SMILES string of the molecule is CCC(C)(C)n1nnnc1[C@@H](c1ccccc1Cl)[NH+]1CC[NH+](C)CC1. The third kappa shape index (κ3) is 3.71. The van der Waals surface area contributed by atoms with Crippen LogP contribution in [-0.4, -0.2) is 53.4 Å². The van der Waals surface area contributed by atoms with E-state index in [2.05, 4.69) is 49.4 Å². The molecule has 2 N–H and O–H groups in total. The Bertz CT molecular complexity index is 705. The third-order valence-electron chi connectivity index (χ3n) is 5.56. The zero-order valence-electron chi connectivity index (χ0n) is 15.6. The van der Waals surface area contributed by atoms with Crippen LogP contribution in [0.1, 0.15) is 44.6 Å². The molecule has 0 radical (unpaired) electrons. The van der Waals surface area contributed by atoms with Crippen LogP contribution in [0.3, 0.4) is 0 Å². The van der Waals surface area contributed by atoms with Gasteiger partial charge in [0.15, 0.2) is 6.04 Å². The van der Waals surface area contributed by atoms with Crippen molar-refractivity contribution in [2.24, 2.45) is 0 Å². The molecular formula is C18H29ClN6+2. The molecule has 1 aromatic heterocycles. The molecule has 0 spiro atoms. The van der Waals surface area contributed by atoms with Gasteiger partial charge in [-0.25, -0.2) is 4.68 Å². The standard InChI is InChI=1S/C18H27ClN6/c1-5-18(2,3)25-17(20-21-22-25)16(14-8-6-7-9-15(14)19)24-12-10-23(4)11-13-24/h6-9,16H,5,10-13H2,1-4H3/p+2/t16-/m1/s1. The van der Waals surface area contributed by atoms with Gasteiger partial charge in [0.25, 0.3) is 0 Å². The molecule has 25 heavy (non-hydrogen) atoms. The third-order valence-corrected chi connectivity index (χ3v) is 5.90. The fourth-order valence-corrected chi connectivity index (χ4v) is 3.74. The summed E-state index contributed by atoms with van der Waals surface area (Å²) in [6.45, 7) is 11.0. The van der Waals surface area contributed by atoms with Crippen molar-refractivity contribution in [2.45, 2.75) is 38.8 Å². The largest absolute Gasteiger partial charge is 0.328 e. The van der Waals surface area contributed by atoms with Crippen LogP contribution in [0.2, 0.25) is 5.02 Å². The van der Waals surface area contributed by atoms with Crippen LogP contribution >= 0.6 is 11.6 Å². The summed E-state index contributed by atoms with van der Waals surface area (Å²) in [6, 6.07) is 8.16. The summed E-state index contributed by atoms with van der Waals surface area (Å²) in [7, 11) is 2.26. The summed E-state index contributed by atoms with van der Waals surface area (Å²) in [4.78, 5) is 3.07. The van der Waals surface area contributed by atoms with Gasteiger partial charge in [-0.1, -0.05) is 36.7 Å². The molecule has 1 aromatic carbocycles. The van der Waals surface area contributed by atoms with E-state index < -0.39 is 0 Å². The second-order valence-corrected chi connectivity index (χ2v) is 8.09. The number of hydrogen-bond donors (Lipinski definition) is 2. The number of nitrogens with one attached hydrogen (secondary N) is 2. The number of likely N-dealkylation sites (N-methyl/N-ethyl adjacent to an activating group) is 1. The van der Waals surface area contributed by atoms with Gasteiger partial charge in [-0.05, 0) is 36.8 Å². The smallest absolute Gasteiger partial charge is 0.214 e. The Hall–Kier alpha value is -1.50. The summed E-state index contributed by atoms with van der Waals surface area (Å²) in [6.07, 6.45) is 0.961. The van der Waals surface area contributed by atoms with Crippen LogP contribution in [0.5, 0.6) is 0 Å². The Kier molecular flexibility index (Phi) is 5.41. The quantitative estimate of drug-likeness (QED) is 0.783. The van der Waals surface area contributed by atoms with Crippen LogP contribution in [0.15, 0.2) is 24.3 Å². The lowest BCUT2D eigenvalue weighted by Crippen LogP contribution is -3.27. The fraction of sp³-hybridized carbons (Fsp3) is 0.611. The highest BCUT2D eigenvalue weighted by molar-refractivity contribution is 6.31. The minimum Gasteiger partial charge on any atom is -0.328 e. The van der Waals surface area contributed by atoms with Crippen molar-refractivity contribution >= 4 is 11.6 Å². The van der Waals surface area contributed by atoms with Gasteiger partial charge in [-0.15, -0.1) is 5.10 Å². The van der Waals surface area contributed by atoms with Gasteiger partial charge in [-0.3, -0.25) is 0 Å². The van der Waals surface area contributed by atoms with E-state index in [1.54, 1.807) is 4.90 Å². The number of tetrazole rings is 1. The first-order chi connectivity index (χ1) is 11.9. The summed E-state index contributed by atoms with van der Waals surface area (Å²) in [5, 5.41) is 13.6. The molecule has 1 aliphatic heterocycles. The Morgan fingerprint density at radius 1 is 1.20 bits per heavy atom. The number of aromatic nitrogens is 4. The summed E-state index contributed by atoms with van der Waals surface area (Å²) in [5.74, 6) is 0.912. The topological polar surface area (TPSA) is 52.5 Å². The van der Waals surface area contributed by atoms with Crippen molar-refractivity contribution in [1.29, 1.82) is 0 Å². The Labute approximate surface area is 154 Å². The van der Waals surface area contributed by atoms with E-state index in [0.29, 0.717) is 0 Å². The van der Waals surface area contributed by atoms with Gasteiger partial charge in [0.2, 0.25) is 5.82 Å². The van der Waals surface area contributed by atoms with Crippen LogP contribution in [0, 0.1) is 0 Å². The first kappa shape index (κ1) is 18.3. The summed E-state index contributed by atoms with van der Waals surface area (Å²) >= 11 is 6.59. The van der Waals surface area contributed by atoms with Crippen molar-refractivity contribution in [2.75, 3.05) is 33.2 Å². The van der Waals surface area contributed by atoms with E-state index in [4.69, 9.17) is 11.6 Å². The molecular weight excluding hydrogens is 336 g/mol. The molecule has 1 fully saturated rings. The lowest BCUT2D eigenvalue weighted by Gasteiger charge is -2.34. The number of benzene rings is 1. The Morgan fingerprint density at radius 2 is 1.88 bits per heavy atom. The molecule has 0 amide bonds. The molecule has 0 bridgehead atoms. The molecule has 2 aromatic rings. The number of piperazine rings is 1. The predicted molar refractivity (Wildman–Crippen MR) is 98.0 cm³/mol. The maximum absolute atomic E-state index is 6.59. The second kappa shape index (κ2) is 7.40. The zero-order chi connectivity index (χ0) is 18.0. The second-order valence-electron chi connectivity index (χ2n) is 7.68. The summed E-state index contributed by atoms with van der Waals surface area (Å²) in [5.41, 5.74) is 0.983. The fourth-order valence-electron chi connectivity index (χ4n) is 3.49. The van der Waals surface area contributed by atoms with Gasteiger partial charge in [-0.2, -0.15) is 0 Å². The Morgan fingerprint density at radius 3 is 2.52 bits per heavy atom. The highest BCUT2D eigenvalue weighted by atomic mass is 35.5. The molecule has 6 nitrogen and oxygen atoms in total. The van der Waals surface area contributed by atoms with E-state index >= 15 is 0 Å². The lowest BCUT2D eigenvalue weighted by molar-refractivity contribution is -1.02. The maximum atomic E-state index is 6.59. The lowest BCUT2D eigenvalue weighted by atomic mass is 9.99. The highest BCUT2D eigenvalue weighted by Crippen LogP contribution is 2.28. The number of halogens is 1. The van der Waals surface area contributed by atoms with Crippen molar-refractivity contribution in [1.82, 2.24) is 20.2 Å². The van der Waals surface area contributed by atoms with Crippen LogP contribution in [0.4, 0.5) is 0 Å². The maximum Gasteiger partial charge on any atom is 0.214 e. The molecule has 7 heteroatoms. The minimum atomic E-state index is -0.129. The predicted octanol–water partition coefficient (Wildman–Crippen LogP) is -0.0258. The van der Waals surface area contributed by atoms with Gasteiger partial charge >= 0.3 is 0 Å².